The molecular formula is C14H23N3O. The fourth-order valence-corrected chi connectivity index (χ4v) is 1.64. The summed E-state index contributed by atoms with van der Waals surface area (Å²) in [5.74, 6) is -0.0575. The minimum atomic E-state index is -0.146. The molecule has 1 atom stereocenters. The van der Waals surface area contributed by atoms with Gasteiger partial charge in [-0.15, -0.1) is 0 Å². The number of hydrogen-bond acceptors (Lipinski definition) is 3. The van der Waals surface area contributed by atoms with Crippen molar-refractivity contribution in [3.8, 4) is 0 Å². The van der Waals surface area contributed by atoms with Gasteiger partial charge >= 0.3 is 0 Å². The maximum Gasteiger partial charge on any atom is 0.231 e. The van der Waals surface area contributed by atoms with Crippen molar-refractivity contribution < 1.29 is 4.79 Å². The molecule has 100 valence electrons. The topological polar surface area (TPSA) is 49.6 Å². The number of carbonyl (C=O) groups excluding carboxylic acids is 1. The van der Waals surface area contributed by atoms with E-state index >= 15 is 0 Å². The predicted octanol–water partition coefficient (Wildman–Crippen LogP) is 1.18. The minimum absolute atomic E-state index is 0.0885. The zero-order valence-electron chi connectivity index (χ0n) is 11.5. The number of amides is 1. The van der Waals surface area contributed by atoms with Crippen molar-refractivity contribution >= 4 is 11.6 Å². The third-order valence-corrected chi connectivity index (χ3v) is 2.88. The summed E-state index contributed by atoms with van der Waals surface area (Å²) in [5, 5.41) is 0. The second-order valence-corrected chi connectivity index (χ2v) is 4.77. The summed E-state index contributed by atoms with van der Waals surface area (Å²) in [7, 11) is 4.00. The van der Waals surface area contributed by atoms with E-state index in [0.29, 0.717) is 13.1 Å². The minimum Gasteiger partial charge on any atom is -0.330 e. The van der Waals surface area contributed by atoms with Gasteiger partial charge in [-0.05, 0) is 26.2 Å². The second kappa shape index (κ2) is 7.13. The van der Waals surface area contributed by atoms with Gasteiger partial charge in [-0.25, -0.2) is 0 Å². The van der Waals surface area contributed by atoms with Crippen LogP contribution in [0.2, 0.25) is 0 Å². The van der Waals surface area contributed by atoms with Gasteiger partial charge in [0.1, 0.15) is 0 Å². The van der Waals surface area contributed by atoms with Crippen molar-refractivity contribution in [3.63, 3.8) is 0 Å². The van der Waals surface area contributed by atoms with Crippen LogP contribution in [0.1, 0.15) is 6.92 Å². The van der Waals surface area contributed by atoms with Crippen LogP contribution in [-0.4, -0.2) is 44.5 Å². The lowest BCUT2D eigenvalue weighted by atomic mass is 10.1. The predicted molar refractivity (Wildman–Crippen MR) is 75.6 cm³/mol. The summed E-state index contributed by atoms with van der Waals surface area (Å²) in [6, 6.07) is 9.74. The van der Waals surface area contributed by atoms with Gasteiger partial charge in [-0.1, -0.05) is 25.1 Å². The van der Waals surface area contributed by atoms with Gasteiger partial charge in [-0.3, -0.25) is 4.79 Å². The molecule has 0 aliphatic carbocycles. The van der Waals surface area contributed by atoms with Gasteiger partial charge in [0.15, 0.2) is 0 Å². The summed E-state index contributed by atoms with van der Waals surface area (Å²) < 4.78 is 0. The molecule has 2 N–H and O–H groups in total. The molecule has 4 heteroatoms. The molecule has 0 aromatic heterocycles. The molecule has 0 radical (unpaired) electrons. The average Bonchev–Trinajstić information content (AvgIpc) is 2.38. The van der Waals surface area contributed by atoms with Gasteiger partial charge in [0.05, 0.1) is 0 Å². The normalized spacial score (nSPS) is 12.5. The molecule has 1 aromatic rings. The van der Waals surface area contributed by atoms with Crippen LogP contribution in [-0.2, 0) is 4.79 Å². The molecule has 18 heavy (non-hydrogen) atoms. The van der Waals surface area contributed by atoms with Gasteiger partial charge in [-0.2, -0.15) is 0 Å². The first-order valence-electron chi connectivity index (χ1n) is 6.27. The van der Waals surface area contributed by atoms with Crippen LogP contribution < -0.4 is 10.6 Å². The molecule has 1 rings (SSSR count). The van der Waals surface area contributed by atoms with E-state index < -0.39 is 0 Å². The van der Waals surface area contributed by atoms with E-state index in [0.717, 1.165) is 12.2 Å². The summed E-state index contributed by atoms with van der Waals surface area (Å²) >= 11 is 0. The lowest BCUT2D eigenvalue weighted by Crippen LogP contribution is -2.41. The number of likely N-dealkylation sites (N-methyl/N-ethyl adjacent to an activating group) is 1. The summed E-state index contributed by atoms with van der Waals surface area (Å²) in [6.45, 7) is 3.76. The van der Waals surface area contributed by atoms with Crippen LogP contribution in [0.4, 0.5) is 5.69 Å². The molecule has 0 saturated heterocycles. The van der Waals surface area contributed by atoms with Gasteiger partial charge in [0, 0.05) is 31.2 Å². The van der Waals surface area contributed by atoms with Crippen LogP contribution >= 0.6 is 0 Å². The Balaban J connectivity index is 2.85. The molecule has 0 heterocycles. The number of carbonyl (C=O) groups is 1. The first kappa shape index (κ1) is 14.7. The van der Waals surface area contributed by atoms with E-state index in [1.165, 1.54) is 0 Å². The van der Waals surface area contributed by atoms with E-state index in [1.807, 2.05) is 56.3 Å². The number of anilines is 1. The molecule has 0 fully saturated rings. The Kier molecular flexibility index (Phi) is 5.82. The highest BCUT2D eigenvalue weighted by atomic mass is 16.2. The number of rotatable bonds is 6. The number of benzene rings is 1. The second-order valence-electron chi connectivity index (χ2n) is 4.77. The van der Waals surface area contributed by atoms with E-state index in [2.05, 4.69) is 4.90 Å². The van der Waals surface area contributed by atoms with Crippen LogP contribution in [0.15, 0.2) is 30.3 Å². The van der Waals surface area contributed by atoms with Crippen molar-refractivity contribution in [2.75, 3.05) is 38.6 Å². The van der Waals surface area contributed by atoms with Gasteiger partial charge in [0.25, 0.3) is 0 Å². The summed E-state index contributed by atoms with van der Waals surface area (Å²) in [4.78, 5) is 16.2. The SMILES string of the molecule is CC(CN)C(=O)N(CCN(C)C)c1ccccc1. The standard InChI is InChI=1S/C14H23N3O/c1-12(11-15)14(18)17(10-9-16(2)3)13-7-5-4-6-8-13/h4-8,12H,9-11,15H2,1-3H3. The average molecular weight is 249 g/mol. The van der Waals surface area contributed by atoms with Crippen molar-refractivity contribution in [2.45, 2.75) is 6.92 Å². The zero-order chi connectivity index (χ0) is 13.5. The summed E-state index contributed by atoms with van der Waals surface area (Å²) in [5.41, 5.74) is 6.52. The smallest absolute Gasteiger partial charge is 0.231 e. The third-order valence-electron chi connectivity index (χ3n) is 2.88. The van der Waals surface area contributed by atoms with E-state index in [4.69, 9.17) is 5.73 Å². The van der Waals surface area contributed by atoms with E-state index in [1.54, 1.807) is 0 Å². The molecule has 0 aliphatic rings. The van der Waals surface area contributed by atoms with E-state index in [9.17, 15) is 4.79 Å². The lowest BCUT2D eigenvalue weighted by Gasteiger charge is -2.26. The lowest BCUT2D eigenvalue weighted by molar-refractivity contribution is -0.121. The van der Waals surface area contributed by atoms with Crippen molar-refractivity contribution in [1.29, 1.82) is 0 Å². The van der Waals surface area contributed by atoms with Crippen molar-refractivity contribution in [1.82, 2.24) is 4.90 Å². The van der Waals surface area contributed by atoms with Crippen molar-refractivity contribution in [3.05, 3.63) is 30.3 Å². The fourth-order valence-electron chi connectivity index (χ4n) is 1.64. The Labute approximate surface area is 109 Å². The Hall–Kier alpha value is -1.39. The maximum atomic E-state index is 12.3. The summed E-state index contributed by atoms with van der Waals surface area (Å²) in [6.07, 6.45) is 0. The Morgan fingerprint density at radius 3 is 2.33 bits per heavy atom. The molecular weight excluding hydrogens is 226 g/mol. The number of para-hydroxylation sites is 1. The van der Waals surface area contributed by atoms with Crippen LogP contribution in [0, 0.1) is 5.92 Å². The van der Waals surface area contributed by atoms with Crippen LogP contribution in [0.25, 0.3) is 0 Å². The molecule has 4 nitrogen and oxygen atoms in total. The largest absolute Gasteiger partial charge is 0.330 e. The quantitative estimate of drug-likeness (QED) is 0.823. The first-order valence-corrected chi connectivity index (χ1v) is 6.27. The molecule has 0 spiro atoms. The monoisotopic (exact) mass is 249 g/mol. The molecule has 0 saturated carbocycles. The van der Waals surface area contributed by atoms with Gasteiger partial charge in [0.2, 0.25) is 5.91 Å². The third kappa shape index (κ3) is 4.13. The molecule has 0 aliphatic heterocycles. The Bertz CT molecular complexity index is 365. The highest BCUT2D eigenvalue weighted by Gasteiger charge is 2.20. The number of nitrogens with two attached hydrogens (primary N) is 1. The highest BCUT2D eigenvalue weighted by Crippen LogP contribution is 2.15. The Morgan fingerprint density at radius 2 is 1.83 bits per heavy atom. The van der Waals surface area contributed by atoms with Gasteiger partial charge < -0.3 is 15.5 Å². The number of nitrogens with zero attached hydrogens (tertiary/aromatic N) is 2. The van der Waals surface area contributed by atoms with E-state index in [-0.39, 0.29) is 11.8 Å². The Morgan fingerprint density at radius 1 is 1.22 bits per heavy atom. The van der Waals surface area contributed by atoms with Crippen molar-refractivity contribution in [2.24, 2.45) is 11.7 Å². The molecule has 1 aromatic carbocycles. The first-order chi connectivity index (χ1) is 8.56. The fraction of sp³-hybridized carbons (Fsp3) is 0.500. The number of hydrogen-bond donors (Lipinski definition) is 1. The zero-order valence-corrected chi connectivity index (χ0v) is 11.5. The molecule has 0 bridgehead atoms. The van der Waals surface area contributed by atoms with Crippen LogP contribution in [0.3, 0.4) is 0 Å². The maximum absolute atomic E-state index is 12.3. The molecule has 1 unspecified atom stereocenters. The van der Waals surface area contributed by atoms with Crippen LogP contribution in [0.5, 0.6) is 0 Å². The molecule has 1 amide bonds. The highest BCUT2D eigenvalue weighted by molar-refractivity contribution is 5.94.